The van der Waals surface area contributed by atoms with Crippen molar-refractivity contribution < 1.29 is 19.1 Å². The lowest BCUT2D eigenvalue weighted by Crippen LogP contribution is -2.36. The number of Topliss-reactive ketones (excluding diaryl/α,β-unsaturated/α-hetero) is 1. The molecule has 3 aromatic rings. The second-order valence-corrected chi connectivity index (χ2v) is 10.0. The van der Waals surface area contributed by atoms with E-state index in [1.807, 2.05) is 19.1 Å². The molecule has 1 aliphatic heterocycles. The summed E-state index contributed by atoms with van der Waals surface area (Å²) in [5.74, 6) is -0.425. The van der Waals surface area contributed by atoms with Gasteiger partial charge in [-0.15, -0.1) is 0 Å². The Hall–Kier alpha value is -3.53. The SMILES string of the molecule is CCOc1cc([C@H]2CC[C@H](C)CC2C(=O)C(=O)Nc2cnc(N)c3cnn(C4CCCCO4)c23)ccn1. The summed E-state index contributed by atoms with van der Waals surface area (Å²) < 4.78 is 13.2. The van der Waals surface area contributed by atoms with Crippen molar-refractivity contribution in [1.82, 2.24) is 19.7 Å². The average molecular weight is 507 g/mol. The van der Waals surface area contributed by atoms with Crippen LogP contribution in [0.2, 0.25) is 0 Å². The minimum atomic E-state index is -0.659. The predicted molar refractivity (Wildman–Crippen MR) is 139 cm³/mol. The summed E-state index contributed by atoms with van der Waals surface area (Å²) in [6.45, 7) is 5.19. The molecule has 0 radical (unpaired) electrons. The second kappa shape index (κ2) is 10.8. The van der Waals surface area contributed by atoms with Crippen LogP contribution >= 0.6 is 0 Å². The number of pyridine rings is 2. The van der Waals surface area contributed by atoms with Crippen LogP contribution in [0.3, 0.4) is 0 Å². The molecule has 1 saturated carbocycles. The molecule has 2 aliphatic rings. The molecule has 1 aliphatic carbocycles. The monoisotopic (exact) mass is 506 g/mol. The predicted octanol–water partition coefficient (Wildman–Crippen LogP) is 4.23. The summed E-state index contributed by atoms with van der Waals surface area (Å²) in [5, 5.41) is 7.93. The molecule has 10 heteroatoms. The molecule has 0 aromatic carbocycles. The molecule has 1 amide bonds. The topological polar surface area (TPSA) is 134 Å². The van der Waals surface area contributed by atoms with Gasteiger partial charge in [-0.05, 0) is 62.5 Å². The van der Waals surface area contributed by atoms with Gasteiger partial charge >= 0.3 is 0 Å². The third-order valence-corrected chi connectivity index (χ3v) is 7.49. The van der Waals surface area contributed by atoms with Crippen molar-refractivity contribution in [3.8, 4) is 5.88 Å². The highest BCUT2D eigenvalue weighted by atomic mass is 16.5. The first-order valence-corrected chi connectivity index (χ1v) is 13.1. The van der Waals surface area contributed by atoms with E-state index in [-0.39, 0.29) is 12.1 Å². The molecule has 2 unspecified atom stereocenters. The minimum absolute atomic E-state index is 0.0811. The lowest BCUT2D eigenvalue weighted by molar-refractivity contribution is -0.138. The van der Waals surface area contributed by atoms with E-state index < -0.39 is 17.6 Å². The van der Waals surface area contributed by atoms with Gasteiger partial charge in [0.1, 0.15) is 11.3 Å². The zero-order valence-electron chi connectivity index (χ0n) is 21.4. The minimum Gasteiger partial charge on any atom is -0.478 e. The van der Waals surface area contributed by atoms with Gasteiger partial charge in [0.25, 0.3) is 5.91 Å². The van der Waals surface area contributed by atoms with Crippen LogP contribution in [0.1, 0.15) is 70.1 Å². The van der Waals surface area contributed by atoms with E-state index in [2.05, 4.69) is 27.3 Å². The molecule has 5 rings (SSSR count). The lowest BCUT2D eigenvalue weighted by Gasteiger charge is -2.34. The first-order chi connectivity index (χ1) is 18.0. The van der Waals surface area contributed by atoms with Crippen LogP contribution in [0.5, 0.6) is 5.88 Å². The molecule has 2 fully saturated rings. The zero-order chi connectivity index (χ0) is 25.9. The number of ketones is 1. The Morgan fingerprint density at radius 2 is 2.08 bits per heavy atom. The van der Waals surface area contributed by atoms with Gasteiger partial charge in [0.2, 0.25) is 11.7 Å². The zero-order valence-corrected chi connectivity index (χ0v) is 21.4. The van der Waals surface area contributed by atoms with Crippen LogP contribution in [0.25, 0.3) is 10.9 Å². The van der Waals surface area contributed by atoms with Gasteiger partial charge in [0, 0.05) is 24.8 Å². The number of ether oxygens (including phenoxy) is 2. The third-order valence-electron chi connectivity index (χ3n) is 7.49. The van der Waals surface area contributed by atoms with Gasteiger partial charge in [0.05, 0.1) is 30.1 Å². The quantitative estimate of drug-likeness (QED) is 0.455. The van der Waals surface area contributed by atoms with Crippen LogP contribution in [-0.2, 0) is 14.3 Å². The first kappa shape index (κ1) is 25.1. The summed E-state index contributed by atoms with van der Waals surface area (Å²) in [6, 6.07) is 3.80. The summed E-state index contributed by atoms with van der Waals surface area (Å²) in [7, 11) is 0. The molecule has 4 atom stereocenters. The number of aromatic nitrogens is 4. The number of carbonyl (C=O) groups is 2. The molecule has 1 saturated heterocycles. The highest BCUT2D eigenvalue weighted by Crippen LogP contribution is 2.42. The van der Waals surface area contributed by atoms with Crippen LogP contribution in [0.15, 0.2) is 30.7 Å². The third kappa shape index (κ3) is 5.16. The molecule has 4 heterocycles. The maximum atomic E-state index is 13.6. The van der Waals surface area contributed by atoms with E-state index in [1.165, 1.54) is 6.20 Å². The van der Waals surface area contributed by atoms with Crippen LogP contribution < -0.4 is 15.8 Å². The van der Waals surface area contributed by atoms with E-state index in [9.17, 15) is 9.59 Å². The van der Waals surface area contributed by atoms with Gasteiger partial charge in [0.15, 0.2) is 6.23 Å². The summed E-state index contributed by atoms with van der Waals surface area (Å²) in [6.07, 6.45) is 9.85. The maximum absolute atomic E-state index is 13.6. The fourth-order valence-corrected chi connectivity index (χ4v) is 5.61. The van der Waals surface area contributed by atoms with E-state index in [1.54, 1.807) is 17.1 Å². The number of anilines is 2. The summed E-state index contributed by atoms with van der Waals surface area (Å²) in [5.41, 5.74) is 8.10. The van der Waals surface area contributed by atoms with Crippen LogP contribution in [-0.4, -0.2) is 44.7 Å². The molecule has 196 valence electrons. The van der Waals surface area contributed by atoms with Crippen molar-refractivity contribution in [2.75, 3.05) is 24.3 Å². The van der Waals surface area contributed by atoms with Gasteiger partial charge in [-0.25, -0.2) is 14.6 Å². The largest absolute Gasteiger partial charge is 0.478 e. The molecule has 3 aromatic heterocycles. The van der Waals surface area contributed by atoms with Gasteiger partial charge in [-0.3, -0.25) is 9.59 Å². The van der Waals surface area contributed by atoms with Crippen LogP contribution in [0.4, 0.5) is 11.5 Å². The van der Waals surface area contributed by atoms with Crippen molar-refractivity contribution in [2.45, 2.75) is 64.5 Å². The fraction of sp³-hybridized carbons (Fsp3) is 0.519. The molecular formula is C27H34N6O4. The highest BCUT2D eigenvalue weighted by Gasteiger charge is 2.38. The van der Waals surface area contributed by atoms with E-state index in [0.29, 0.717) is 53.8 Å². The Bertz CT molecular complexity index is 1290. The van der Waals surface area contributed by atoms with Crippen molar-refractivity contribution in [3.63, 3.8) is 0 Å². The van der Waals surface area contributed by atoms with Gasteiger partial charge in [-0.1, -0.05) is 13.3 Å². The summed E-state index contributed by atoms with van der Waals surface area (Å²) >= 11 is 0. The number of nitrogens with one attached hydrogen (secondary N) is 1. The Morgan fingerprint density at radius 3 is 2.86 bits per heavy atom. The van der Waals surface area contributed by atoms with Crippen molar-refractivity contribution in [1.29, 1.82) is 0 Å². The molecule has 3 N–H and O–H groups in total. The number of carbonyl (C=O) groups excluding carboxylic acids is 2. The van der Waals surface area contributed by atoms with E-state index in [4.69, 9.17) is 15.2 Å². The molecular weight excluding hydrogens is 472 g/mol. The lowest BCUT2D eigenvalue weighted by atomic mass is 9.70. The summed E-state index contributed by atoms with van der Waals surface area (Å²) in [4.78, 5) is 35.5. The first-order valence-electron chi connectivity index (χ1n) is 13.1. The number of nitrogens with zero attached hydrogens (tertiary/aromatic N) is 4. The van der Waals surface area contributed by atoms with E-state index in [0.717, 1.165) is 37.7 Å². The average Bonchev–Trinajstić information content (AvgIpc) is 3.37. The van der Waals surface area contributed by atoms with E-state index >= 15 is 0 Å². The Balaban J connectivity index is 1.42. The molecule has 0 spiro atoms. The second-order valence-electron chi connectivity index (χ2n) is 10.0. The Morgan fingerprint density at radius 1 is 1.22 bits per heavy atom. The Labute approximate surface area is 215 Å². The van der Waals surface area contributed by atoms with Crippen molar-refractivity contribution in [3.05, 3.63) is 36.3 Å². The smallest absolute Gasteiger partial charge is 0.292 e. The number of rotatable bonds is 7. The molecule has 0 bridgehead atoms. The van der Waals surface area contributed by atoms with Crippen molar-refractivity contribution in [2.24, 2.45) is 11.8 Å². The van der Waals surface area contributed by atoms with Crippen LogP contribution in [0, 0.1) is 11.8 Å². The maximum Gasteiger partial charge on any atom is 0.292 e. The van der Waals surface area contributed by atoms with Gasteiger partial charge in [-0.2, -0.15) is 5.10 Å². The number of fused-ring (bicyclic) bond motifs is 1. The number of amides is 1. The van der Waals surface area contributed by atoms with Crippen molar-refractivity contribution >= 4 is 34.1 Å². The number of nitrogen functional groups attached to an aromatic ring is 1. The molecule has 37 heavy (non-hydrogen) atoms. The molecule has 10 nitrogen and oxygen atoms in total. The standard InChI is InChI=1S/C27H34N6O4/c1-3-36-22-13-17(9-10-29-22)18-8-7-16(2)12-19(18)25(34)27(35)32-21-15-30-26(28)20-14-31-33(24(20)21)23-6-4-5-11-37-23/h9-10,13-16,18-19,23H,3-8,11-12H2,1-2H3,(H2,28,30)(H,32,35)/t16-,18+,19?,23?/m0/s1. The van der Waals surface area contributed by atoms with Gasteiger partial charge < -0.3 is 20.5 Å². The number of hydrogen-bond donors (Lipinski definition) is 2. The number of hydrogen-bond acceptors (Lipinski definition) is 8. The normalized spacial score (nSPS) is 24.1. The fourth-order valence-electron chi connectivity index (χ4n) is 5.61. The number of nitrogens with two attached hydrogens (primary N) is 1. The highest BCUT2D eigenvalue weighted by molar-refractivity contribution is 6.42. The Kier molecular flexibility index (Phi) is 7.36.